The molecule has 0 bridgehead atoms. The van der Waals surface area contributed by atoms with Crippen molar-refractivity contribution in [2.75, 3.05) is 19.6 Å². The van der Waals surface area contributed by atoms with E-state index in [9.17, 15) is 0 Å². The maximum Gasteiger partial charge on any atom is 0.0450 e. The monoisotopic (exact) mass is 254 g/mol. The van der Waals surface area contributed by atoms with E-state index >= 15 is 0 Å². The second-order valence-corrected chi connectivity index (χ2v) is 4.63. The van der Waals surface area contributed by atoms with Gasteiger partial charge < -0.3 is 10.6 Å². The lowest BCUT2D eigenvalue weighted by atomic mass is 10.0. The van der Waals surface area contributed by atoms with Crippen molar-refractivity contribution >= 4 is 15.9 Å². The zero-order valence-corrected chi connectivity index (χ0v) is 9.89. The average Bonchev–Trinajstić information content (AvgIpc) is 2.23. The van der Waals surface area contributed by atoms with Gasteiger partial charge in [0.15, 0.2) is 0 Å². The first kappa shape index (κ1) is 10.1. The summed E-state index contributed by atoms with van der Waals surface area (Å²) in [6, 6.07) is 6.92. The predicted molar refractivity (Wildman–Crippen MR) is 62.5 cm³/mol. The SMILES string of the molecule is Cc1ccc(Br)cc1C1CNCCN1. The van der Waals surface area contributed by atoms with Crippen molar-refractivity contribution in [3.63, 3.8) is 0 Å². The van der Waals surface area contributed by atoms with Crippen LogP contribution in [0.15, 0.2) is 22.7 Å². The van der Waals surface area contributed by atoms with Crippen LogP contribution in [0.4, 0.5) is 0 Å². The molecule has 2 rings (SSSR count). The zero-order valence-electron chi connectivity index (χ0n) is 8.31. The molecule has 1 saturated heterocycles. The lowest BCUT2D eigenvalue weighted by Gasteiger charge is -2.26. The standard InChI is InChI=1S/C11H15BrN2/c1-8-2-3-9(12)6-10(8)11-7-13-4-5-14-11/h2-3,6,11,13-14H,4-5,7H2,1H3. The number of benzene rings is 1. The quantitative estimate of drug-likeness (QED) is 0.802. The molecule has 2 nitrogen and oxygen atoms in total. The molecule has 14 heavy (non-hydrogen) atoms. The van der Waals surface area contributed by atoms with Gasteiger partial charge in [0.1, 0.15) is 0 Å². The van der Waals surface area contributed by atoms with Crippen LogP contribution in [-0.2, 0) is 0 Å². The number of rotatable bonds is 1. The van der Waals surface area contributed by atoms with E-state index in [2.05, 4.69) is 51.7 Å². The summed E-state index contributed by atoms with van der Waals surface area (Å²) in [6.07, 6.45) is 0. The van der Waals surface area contributed by atoms with Crippen LogP contribution in [0, 0.1) is 6.92 Å². The van der Waals surface area contributed by atoms with Crippen LogP contribution in [0.3, 0.4) is 0 Å². The van der Waals surface area contributed by atoms with Crippen molar-refractivity contribution in [3.8, 4) is 0 Å². The van der Waals surface area contributed by atoms with Gasteiger partial charge in [0, 0.05) is 30.1 Å². The molecular formula is C11H15BrN2. The van der Waals surface area contributed by atoms with E-state index < -0.39 is 0 Å². The summed E-state index contributed by atoms with van der Waals surface area (Å²) in [5, 5.41) is 6.92. The molecule has 1 atom stereocenters. The van der Waals surface area contributed by atoms with Crippen LogP contribution in [0.5, 0.6) is 0 Å². The normalized spacial score (nSPS) is 22.3. The Hall–Kier alpha value is -0.380. The van der Waals surface area contributed by atoms with Gasteiger partial charge in [0.05, 0.1) is 0 Å². The van der Waals surface area contributed by atoms with E-state index in [1.807, 2.05) is 0 Å². The Labute approximate surface area is 93.2 Å². The molecule has 0 amide bonds. The Morgan fingerprint density at radius 1 is 1.36 bits per heavy atom. The number of halogens is 1. The molecule has 1 aliphatic rings. The predicted octanol–water partition coefficient (Wildman–Crippen LogP) is 1.99. The van der Waals surface area contributed by atoms with Crippen LogP contribution >= 0.6 is 15.9 Å². The van der Waals surface area contributed by atoms with Crippen LogP contribution in [0.1, 0.15) is 17.2 Å². The molecule has 0 aromatic heterocycles. The van der Waals surface area contributed by atoms with Gasteiger partial charge in [-0.3, -0.25) is 0 Å². The van der Waals surface area contributed by atoms with Crippen molar-refractivity contribution in [2.24, 2.45) is 0 Å². The van der Waals surface area contributed by atoms with Crippen LogP contribution in [0.25, 0.3) is 0 Å². The fourth-order valence-electron chi connectivity index (χ4n) is 1.86. The Kier molecular flexibility index (Phi) is 3.21. The molecule has 1 aromatic rings. The first-order valence-corrected chi connectivity index (χ1v) is 5.77. The summed E-state index contributed by atoms with van der Waals surface area (Å²) in [7, 11) is 0. The fraction of sp³-hybridized carbons (Fsp3) is 0.455. The highest BCUT2D eigenvalue weighted by atomic mass is 79.9. The van der Waals surface area contributed by atoms with E-state index in [0.29, 0.717) is 6.04 Å². The summed E-state index contributed by atoms with van der Waals surface area (Å²) in [5.74, 6) is 0. The maximum absolute atomic E-state index is 3.52. The Morgan fingerprint density at radius 3 is 2.93 bits per heavy atom. The molecule has 0 radical (unpaired) electrons. The Morgan fingerprint density at radius 2 is 2.21 bits per heavy atom. The minimum atomic E-state index is 0.459. The van der Waals surface area contributed by atoms with Crippen LogP contribution in [0.2, 0.25) is 0 Å². The molecule has 1 heterocycles. The summed E-state index contributed by atoms with van der Waals surface area (Å²) in [6.45, 7) is 5.32. The number of nitrogens with one attached hydrogen (secondary N) is 2. The maximum atomic E-state index is 3.52. The summed E-state index contributed by atoms with van der Waals surface area (Å²) in [5.41, 5.74) is 2.75. The molecule has 1 unspecified atom stereocenters. The van der Waals surface area contributed by atoms with Crippen LogP contribution < -0.4 is 10.6 Å². The molecular weight excluding hydrogens is 240 g/mol. The number of hydrogen-bond acceptors (Lipinski definition) is 2. The third-order valence-electron chi connectivity index (χ3n) is 2.66. The van der Waals surface area contributed by atoms with Crippen molar-refractivity contribution in [1.82, 2.24) is 10.6 Å². The highest BCUT2D eigenvalue weighted by molar-refractivity contribution is 9.10. The fourth-order valence-corrected chi connectivity index (χ4v) is 2.24. The summed E-state index contributed by atoms with van der Waals surface area (Å²) >= 11 is 3.51. The van der Waals surface area contributed by atoms with Crippen molar-refractivity contribution in [3.05, 3.63) is 33.8 Å². The van der Waals surface area contributed by atoms with Gasteiger partial charge >= 0.3 is 0 Å². The lowest BCUT2D eigenvalue weighted by Crippen LogP contribution is -2.42. The van der Waals surface area contributed by atoms with Gasteiger partial charge in [-0.25, -0.2) is 0 Å². The first-order valence-electron chi connectivity index (χ1n) is 4.97. The molecule has 0 aliphatic carbocycles. The van der Waals surface area contributed by atoms with E-state index in [1.165, 1.54) is 11.1 Å². The Balaban J connectivity index is 2.24. The minimum absolute atomic E-state index is 0.459. The van der Waals surface area contributed by atoms with Crippen LogP contribution in [-0.4, -0.2) is 19.6 Å². The molecule has 1 aliphatic heterocycles. The molecule has 0 spiro atoms. The van der Waals surface area contributed by atoms with E-state index in [4.69, 9.17) is 0 Å². The zero-order chi connectivity index (χ0) is 9.97. The summed E-state index contributed by atoms with van der Waals surface area (Å²) < 4.78 is 1.16. The second-order valence-electron chi connectivity index (χ2n) is 3.71. The molecule has 1 fully saturated rings. The van der Waals surface area contributed by atoms with Gasteiger partial charge in [-0.2, -0.15) is 0 Å². The van der Waals surface area contributed by atoms with Gasteiger partial charge in [-0.05, 0) is 30.2 Å². The third-order valence-corrected chi connectivity index (χ3v) is 3.15. The van der Waals surface area contributed by atoms with Gasteiger partial charge in [0.2, 0.25) is 0 Å². The molecule has 0 saturated carbocycles. The van der Waals surface area contributed by atoms with Crippen molar-refractivity contribution in [2.45, 2.75) is 13.0 Å². The molecule has 2 N–H and O–H groups in total. The second kappa shape index (κ2) is 4.43. The third kappa shape index (κ3) is 2.16. The average molecular weight is 255 g/mol. The number of hydrogen-bond donors (Lipinski definition) is 2. The number of aryl methyl sites for hydroxylation is 1. The highest BCUT2D eigenvalue weighted by Crippen LogP contribution is 2.22. The van der Waals surface area contributed by atoms with E-state index in [0.717, 1.165) is 24.1 Å². The first-order chi connectivity index (χ1) is 6.77. The molecule has 1 aromatic carbocycles. The van der Waals surface area contributed by atoms with Crippen molar-refractivity contribution < 1.29 is 0 Å². The number of piperazine rings is 1. The largest absolute Gasteiger partial charge is 0.314 e. The summed E-state index contributed by atoms with van der Waals surface area (Å²) in [4.78, 5) is 0. The topological polar surface area (TPSA) is 24.1 Å². The van der Waals surface area contributed by atoms with E-state index in [-0.39, 0.29) is 0 Å². The van der Waals surface area contributed by atoms with Gasteiger partial charge in [-0.15, -0.1) is 0 Å². The van der Waals surface area contributed by atoms with Crippen molar-refractivity contribution in [1.29, 1.82) is 0 Å². The Bertz CT molecular complexity index is 319. The van der Waals surface area contributed by atoms with E-state index in [1.54, 1.807) is 0 Å². The minimum Gasteiger partial charge on any atom is -0.314 e. The molecule has 76 valence electrons. The smallest absolute Gasteiger partial charge is 0.0450 e. The van der Waals surface area contributed by atoms with Gasteiger partial charge in [-0.1, -0.05) is 22.0 Å². The lowest BCUT2D eigenvalue weighted by molar-refractivity contribution is 0.429. The highest BCUT2D eigenvalue weighted by Gasteiger charge is 2.15. The van der Waals surface area contributed by atoms with Gasteiger partial charge in [0.25, 0.3) is 0 Å². The molecule has 3 heteroatoms.